The summed E-state index contributed by atoms with van der Waals surface area (Å²) in [7, 11) is 0. The molecule has 5 rings (SSSR count). The second kappa shape index (κ2) is 9.39. The summed E-state index contributed by atoms with van der Waals surface area (Å²) in [4.78, 5) is 32.8. The molecule has 2 aromatic carbocycles. The van der Waals surface area contributed by atoms with E-state index < -0.39 is 17.2 Å². The van der Waals surface area contributed by atoms with Gasteiger partial charge in [-0.3, -0.25) is 10.2 Å². The molecule has 0 aliphatic rings. The Hall–Kier alpha value is -4.41. The fourth-order valence-electron chi connectivity index (χ4n) is 3.18. The van der Waals surface area contributed by atoms with E-state index in [1.807, 2.05) is 13.8 Å². The average molecular weight is 450 g/mol. The fourth-order valence-corrected chi connectivity index (χ4v) is 3.18. The van der Waals surface area contributed by atoms with E-state index in [-0.39, 0.29) is 23.3 Å². The van der Waals surface area contributed by atoms with Crippen molar-refractivity contribution in [2.45, 2.75) is 20.4 Å². The van der Waals surface area contributed by atoms with Gasteiger partial charge in [0.1, 0.15) is 28.9 Å². The fraction of sp³-hybridized carbons (Fsp3) is 0.136. The Morgan fingerprint density at radius 1 is 1.03 bits per heavy atom. The van der Waals surface area contributed by atoms with Crippen LogP contribution >= 0.6 is 0 Å². The molecule has 0 saturated carbocycles. The summed E-state index contributed by atoms with van der Waals surface area (Å²) < 4.78 is 28.8. The van der Waals surface area contributed by atoms with Gasteiger partial charge in [0.25, 0.3) is 5.56 Å². The summed E-state index contributed by atoms with van der Waals surface area (Å²) in [5.41, 5.74) is 3.96. The molecule has 0 bridgehead atoms. The van der Waals surface area contributed by atoms with E-state index in [4.69, 9.17) is 0 Å². The Labute approximate surface area is 186 Å². The van der Waals surface area contributed by atoms with Crippen LogP contribution in [0.2, 0.25) is 0 Å². The molecule has 3 heterocycles. The van der Waals surface area contributed by atoms with E-state index in [9.17, 15) is 13.6 Å². The molecule has 0 spiro atoms. The molecule has 3 N–H and O–H groups in total. The smallest absolute Gasteiger partial charge is 0.283 e. The van der Waals surface area contributed by atoms with Gasteiger partial charge in [0, 0.05) is 0 Å². The highest BCUT2D eigenvalue weighted by molar-refractivity contribution is 5.82. The van der Waals surface area contributed by atoms with Crippen LogP contribution in [-0.4, -0.2) is 29.6 Å². The molecule has 11 heteroatoms. The summed E-state index contributed by atoms with van der Waals surface area (Å²) >= 11 is 0. The van der Waals surface area contributed by atoms with Gasteiger partial charge in [-0.05, 0) is 36.4 Å². The molecular formula is C22H20F2N8O. The van der Waals surface area contributed by atoms with Crippen molar-refractivity contribution in [1.82, 2.24) is 29.6 Å². The maximum atomic E-state index is 14.4. The third-order valence-electron chi connectivity index (χ3n) is 4.64. The summed E-state index contributed by atoms with van der Waals surface area (Å²) in [5, 5.41) is 2.94. The molecule has 5 aromatic rings. The number of hydrogen-bond acceptors (Lipinski definition) is 7. The van der Waals surface area contributed by atoms with Gasteiger partial charge in [0.2, 0.25) is 0 Å². The Kier molecular flexibility index (Phi) is 6.20. The van der Waals surface area contributed by atoms with Crippen molar-refractivity contribution in [1.29, 1.82) is 0 Å². The molecule has 0 atom stereocenters. The highest BCUT2D eigenvalue weighted by atomic mass is 19.1. The molecule has 0 fully saturated rings. The van der Waals surface area contributed by atoms with Crippen molar-refractivity contribution in [3.05, 3.63) is 82.9 Å². The van der Waals surface area contributed by atoms with Crippen LogP contribution in [-0.2, 0) is 6.54 Å². The van der Waals surface area contributed by atoms with Crippen molar-refractivity contribution in [2.75, 3.05) is 10.7 Å². The van der Waals surface area contributed by atoms with E-state index >= 15 is 0 Å². The maximum Gasteiger partial charge on any atom is 0.283 e. The molecule has 9 nitrogen and oxygen atoms in total. The summed E-state index contributed by atoms with van der Waals surface area (Å²) in [6.45, 7) is 4.07. The number of fused-ring (bicyclic) bond motifs is 2. The number of aromatic amines is 1. The predicted octanol–water partition coefficient (Wildman–Crippen LogP) is 3.85. The van der Waals surface area contributed by atoms with Gasteiger partial charge in [-0.15, -0.1) is 0 Å². The SMILES string of the molecule is CC.O=c1c2c(F)cccc2nc(CNc2ncnc3nc[nH]c23)n1Nc1ccc(F)cc1. The van der Waals surface area contributed by atoms with E-state index in [1.54, 1.807) is 6.07 Å². The Bertz CT molecular complexity index is 1460. The number of benzene rings is 2. The molecule has 0 amide bonds. The lowest BCUT2D eigenvalue weighted by atomic mass is 10.2. The molecule has 168 valence electrons. The summed E-state index contributed by atoms with van der Waals surface area (Å²) in [6.07, 6.45) is 2.85. The van der Waals surface area contributed by atoms with Crippen LogP contribution in [0.4, 0.5) is 20.3 Å². The monoisotopic (exact) mass is 450 g/mol. The van der Waals surface area contributed by atoms with Crippen molar-refractivity contribution in [3.8, 4) is 0 Å². The molecule has 0 radical (unpaired) electrons. The minimum absolute atomic E-state index is 0.0705. The second-order valence-corrected chi connectivity index (χ2v) is 6.60. The van der Waals surface area contributed by atoms with Gasteiger partial charge < -0.3 is 10.3 Å². The minimum Gasteiger partial charge on any atom is -0.361 e. The van der Waals surface area contributed by atoms with Gasteiger partial charge in [-0.1, -0.05) is 19.9 Å². The van der Waals surface area contributed by atoms with Crippen molar-refractivity contribution < 1.29 is 8.78 Å². The lowest BCUT2D eigenvalue weighted by Gasteiger charge is -2.16. The standard InChI is InChI=1S/C20H14F2N8O.C2H6/c21-11-4-6-12(7-5-11)29-30-15(28-14-3-1-2-13(22)16(14)20(30)31)8-23-18-17-19(25-9-24-17)27-10-26-18;1-2/h1-7,9-10,29H,8H2,(H2,23,24,25,26,27);1-2H3. The molecule has 0 unspecified atom stereocenters. The van der Waals surface area contributed by atoms with E-state index in [2.05, 4.69) is 35.7 Å². The molecule has 33 heavy (non-hydrogen) atoms. The number of aromatic nitrogens is 6. The van der Waals surface area contributed by atoms with Crippen LogP contribution in [0.5, 0.6) is 0 Å². The van der Waals surface area contributed by atoms with Gasteiger partial charge in [-0.25, -0.2) is 33.4 Å². The quantitative estimate of drug-likeness (QED) is 0.373. The largest absolute Gasteiger partial charge is 0.361 e. The zero-order valence-electron chi connectivity index (χ0n) is 17.8. The topological polar surface area (TPSA) is 113 Å². The maximum absolute atomic E-state index is 14.4. The van der Waals surface area contributed by atoms with Gasteiger partial charge in [-0.2, -0.15) is 0 Å². The van der Waals surface area contributed by atoms with Crippen LogP contribution in [0.15, 0.2) is 59.9 Å². The van der Waals surface area contributed by atoms with Crippen LogP contribution in [0.3, 0.4) is 0 Å². The third-order valence-corrected chi connectivity index (χ3v) is 4.64. The molecule has 0 aliphatic carbocycles. The lowest BCUT2D eigenvalue weighted by molar-refractivity contribution is 0.627. The number of anilines is 2. The molecule has 0 aliphatic heterocycles. The number of hydrogen-bond donors (Lipinski definition) is 3. The van der Waals surface area contributed by atoms with E-state index in [0.29, 0.717) is 22.7 Å². The van der Waals surface area contributed by atoms with Crippen molar-refractivity contribution in [2.24, 2.45) is 0 Å². The van der Waals surface area contributed by atoms with E-state index in [1.165, 1.54) is 49.1 Å². The Morgan fingerprint density at radius 2 is 1.82 bits per heavy atom. The van der Waals surface area contributed by atoms with Crippen LogP contribution < -0.4 is 16.3 Å². The first-order chi connectivity index (χ1) is 16.1. The highest BCUT2D eigenvalue weighted by Gasteiger charge is 2.15. The first kappa shape index (κ1) is 21.8. The number of H-pyrrole nitrogens is 1. The zero-order valence-corrected chi connectivity index (χ0v) is 17.8. The predicted molar refractivity (Wildman–Crippen MR) is 122 cm³/mol. The molecule has 3 aromatic heterocycles. The van der Waals surface area contributed by atoms with Crippen LogP contribution in [0, 0.1) is 11.6 Å². The van der Waals surface area contributed by atoms with Gasteiger partial charge in [0.15, 0.2) is 17.3 Å². The summed E-state index contributed by atoms with van der Waals surface area (Å²) in [6, 6.07) is 9.65. The van der Waals surface area contributed by atoms with Crippen LogP contribution in [0.1, 0.15) is 19.7 Å². The Balaban J connectivity index is 0.00000126. The first-order valence-electron chi connectivity index (χ1n) is 10.2. The Morgan fingerprint density at radius 3 is 2.61 bits per heavy atom. The second-order valence-electron chi connectivity index (χ2n) is 6.60. The average Bonchev–Trinajstić information content (AvgIpc) is 3.32. The third kappa shape index (κ3) is 4.33. The van der Waals surface area contributed by atoms with Crippen molar-refractivity contribution >= 4 is 33.6 Å². The van der Waals surface area contributed by atoms with Gasteiger partial charge in [0.05, 0.1) is 24.1 Å². The zero-order chi connectivity index (χ0) is 23.4. The molecular weight excluding hydrogens is 430 g/mol. The number of nitrogens with zero attached hydrogens (tertiary/aromatic N) is 5. The van der Waals surface area contributed by atoms with Crippen molar-refractivity contribution in [3.63, 3.8) is 0 Å². The van der Waals surface area contributed by atoms with Gasteiger partial charge >= 0.3 is 0 Å². The minimum atomic E-state index is -0.681. The number of rotatable bonds is 5. The lowest BCUT2D eigenvalue weighted by Crippen LogP contribution is -2.32. The number of halogens is 2. The van der Waals surface area contributed by atoms with Crippen LogP contribution in [0.25, 0.3) is 22.1 Å². The first-order valence-corrected chi connectivity index (χ1v) is 10.2. The summed E-state index contributed by atoms with van der Waals surface area (Å²) in [5.74, 6) is -0.378. The number of imidazole rings is 1. The number of nitrogens with one attached hydrogen (secondary N) is 3. The highest BCUT2D eigenvalue weighted by Crippen LogP contribution is 2.17. The molecule has 0 saturated heterocycles. The van der Waals surface area contributed by atoms with E-state index in [0.717, 1.165) is 4.68 Å². The normalized spacial score (nSPS) is 10.7.